The van der Waals surface area contributed by atoms with E-state index in [1.807, 2.05) is 0 Å². The van der Waals surface area contributed by atoms with Crippen molar-refractivity contribution < 1.29 is 4.74 Å². The van der Waals surface area contributed by atoms with Crippen LogP contribution < -0.4 is 5.73 Å². The summed E-state index contributed by atoms with van der Waals surface area (Å²) in [5, 5.41) is 0. The summed E-state index contributed by atoms with van der Waals surface area (Å²) >= 11 is 0. The molecule has 0 spiro atoms. The van der Waals surface area contributed by atoms with Gasteiger partial charge in [-0.05, 0) is 44.4 Å². The Kier molecular flexibility index (Phi) is 4.04. The highest BCUT2D eigenvalue weighted by Crippen LogP contribution is 2.30. The second kappa shape index (κ2) is 5.31. The third-order valence-electron chi connectivity index (χ3n) is 4.07. The Hall–Kier alpha value is -0.0800. The zero-order valence-electron chi connectivity index (χ0n) is 9.95. The quantitative estimate of drug-likeness (QED) is 0.762. The van der Waals surface area contributed by atoms with Gasteiger partial charge in [-0.2, -0.15) is 0 Å². The average Bonchev–Trinajstić information content (AvgIpc) is 2.22. The molecule has 0 radical (unpaired) electrons. The van der Waals surface area contributed by atoms with E-state index in [1.165, 1.54) is 44.9 Å². The lowest BCUT2D eigenvalue weighted by molar-refractivity contribution is -0.0706. The lowest BCUT2D eigenvalue weighted by atomic mass is 9.87. The minimum Gasteiger partial charge on any atom is -0.375 e. The van der Waals surface area contributed by atoms with Crippen molar-refractivity contribution in [2.24, 2.45) is 11.7 Å². The van der Waals surface area contributed by atoms with Crippen molar-refractivity contribution in [3.05, 3.63) is 0 Å². The Balaban J connectivity index is 1.79. The van der Waals surface area contributed by atoms with E-state index in [1.54, 1.807) is 0 Å². The maximum atomic E-state index is 6.23. The summed E-state index contributed by atoms with van der Waals surface area (Å²) in [5.41, 5.74) is 5.98. The van der Waals surface area contributed by atoms with Crippen LogP contribution in [0.15, 0.2) is 0 Å². The van der Waals surface area contributed by atoms with Gasteiger partial charge in [-0.3, -0.25) is 0 Å². The van der Waals surface area contributed by atoms with Crippen LogP contribution in [-0.4, -0.2) is 18.2 Å². The molecule has 2 unspecified atom stereocenters. The Morgan fingerprint density at radius 2 is 1.80 bits per heavy atom. The topological polar surface area (TPSA) is 35.2 Å². The minimum absolute atomic E-state index is 0.391. The van der Waals surface area contributed by atoms with Gasteiger partial charge in [-0.25, -0.2) is 0 Å². The molecule has 0 aromatic carbocycles. The van der Waals surface area contributed by atoms with Crippen LogP contribution in [0.1, 0.15) is 58.3 Å². The smallest absolute Gasteiger partial charge is 0.0604 e. The van der Waals surface area contributed by atoms with Crippen LogP contribution in [0.4, 0.5) is 0 Å². The standard InChI is InChI=1S/C13H25NO/c1-10-5-2-3-8-13(10)15-12-7-4-6-11(14)9-12/h10-13H,2-9,14H2,1H3/t10-,11-,12?,13?/m1/s1. The predicted octanol–water partition coefficient (Wildman–Crippen LogP) is 2.85. The molecule has 88 valence electrons. The summed E-state index contributed by atoms with van der Waals surface area (Å²) in [6, 6.07) is 0.391. The Labute approximate surface area is 93.6 Å². The molecule has 0 aromatic heterocycles. The van der Waals surface area contributed by atoms with Crippen molar-refractivity contribution in [3.8, 4) is 0 Å². The highest BCUT2D eigenvalue weighted by atomic mass is 16.5. The Morgan fingerprint density at radius 3 is 2.53 bits per heavy atom. The van der Waals surface area contributed by atoms with E-state index in [9.17, 15) is 0 Å². The van der Waals surface area contributed by atoms with E-state index in [-0.39, 0.29) is 0 Å². The first-order chi connectivity index (χ1) is 7.25. The molecular weight excluding hydrogens is 186 g/mol. The lowest BCUT2D eigenvalue weighted by Crippen LogP contribution is -2.37. The van der Waals surface area contributed by atoms with Gasteiger partial charge in [0.05, 0.1) is 12.2 Å². The Morgan fingerprint density at radius 1 is 1.00 bits per heavy atom. The second-order valence-corrected chi connectivity index (χ2v) is 5.48. The fourth-order valence-electron chi connectivity index (χ4n) is 3.04. The van der Waals surface area contributed by atoms with Crippen molar-refractivity contribution in [1.82, 2.24) is 0 Å². The molecule has 2 aliphatic rings. The van der Waals surface area contributed by atoms with E-state index in [0.717, 1.165) is 12.3 Å². The molecule has 2 nitrogen and oxygen atoms in total. The second-order valence-electron chi connectivity index (χ2n) is 5.48. The van der Waals surface area contributed by atoms with Gasteiger partial charge in [-0.15, -0.1) is 0 Å². The summed E-state index contributed by atoms with van der Waals surface area (Å²) in [5.74, 6) is 0.761. The molecule has 2 fully saturated rings. The summed E-state index contributed by atoms with van der Waals surface area (Å²) in [7, 11) is 0. The van der Waals surface area contributed by atoms with Crippen LogP contribution >= 0.6 is 0 Å². The van der Waals surface area contributed by atoms with Crippen molar-refractivity contribution >= 4 is 0 Å². The first-order valence-corrected chi connectivity index (χ1v) is 6.66. The van der Waals surface area contributed by atoms with E-state index < -0.39 is 0 Å². The van der Waals surface area contributed by atoms with Crippen LogP contribution in [0, 0.1) is 5.92 Å². The van der Waals surface area contributed by atoms with Gasteiger partial charge >= 0.3 is 0 Å². The molecule has 15 heavy (non-hydrogen) atoms. The van der Waals surface area contributed by atoms with Gasteiger partial charge in [0.1, 0.15) is 0 Å². The van der Waals surface area contributed by atoms with Crippen molar-refractivity contribution in [2.75, 3.05) is 0 Å². The van der Waals surface area contributed by atoms with Crippen molar-refractivity contribution in [3.63, 3.8) is 0 Å². The maximum absolute atomic E-state index is 6.23. The van der Waals surface area contributed by atoms with Gasteiger partial charge in [0.2, 0.25) is 0 Å². The van der Waals surface area contributed by atoms with E-state index in [2.05, 4.69) is 6.92 Å². The first kappa shape index (κ1) is 11.4. The first-order valence-electron chi connectivity index (χ1n) is 6.66. The summed E-state index contributed by atoms with van der Waals surface area (Å²) in [4.78, 5) is 0. The molecule has 2 rings (SSSR count). The molecule has 0 aliphatic heterocycles. The third-order valence-corrected chi connectivity index (χ3v) is 4.07. The average molecular weight is 211 g/mol. The Bertz CT molecular complexity index is 195. The number of nitrogens with two attached hydrogens (primary N) is 1. The molecule has 2 heteroatoms. The number of hydrogen-bond donors (Lipinski definition) is 1. The summed E-state index contributed by atoms with van der Waals surface area (Å²) in [6.45, 7) is 2.34. The molecule has 0 heterocycles. The van der Waals surface area contributed by atoms with Gasteiger partial charge in [0.25, 0.3) is 0 Å². The number of ether oxygens (including phenoxy) is 1. The van der Waals surface area contributed by atoms with E-state index in [0.29, 0.717) is 18.2 Å². The molecule has 0 bridgehead atoms. The zero-order chi connectivity index (χ0) is 10.7. The molecule has 2 aliphatic carbocycles. The zero-order valence-corrected chi connectivity index (χ0v) is 9.95. The molecular formula is C13H25NO. The molecule has 0 aromatic rings. The molecule has 4 atom stereocenters. The van der Waals surface area contributed by atoms with E-state index in [4.69, 9.17) is 10.5 Å². The van der Waals surface area contributed by atoms with Crippen molar-refractivity contribution in [2.45, 2.75) is 76.5 Å². The predicted molar refractivity (Wildman–Crippen MR) is 62.7 cm³/mol. The monoisotopic (exact) mass is 211 g/mol. The minimum atomic E-state index is 0.391. The van der Waals surface area contributed by atoms with Gasteiger partial charge in [0, 0.05) is 6.04 Å². The highest BCUT2D eigenvalue weighted by Gasteiger charge is 2.27. The summed E-state index contributed by atoms with van der Waals surface area (Å²) < 4.78 is 6.23. The van der Waals surface area contributed by atoms with Crippen molar-refractivity contribution in [1.29, 1.82) is 0 Å². The number of rotatable bonds is 2. The van der Waals surface area contributed by atoms with Crippen LogP contribution in [0.3, 0.4) is 0 Å². The fraction of sp³-hybridized carbons (Fsp3) is 1.00. The number of hydrogen-bond acceptors (Lipinski definition) is 2. The van der Waals surface area contributed by atoms with Crippen LogP contribution in [-0.2, 0) is 4.74 Å². The van der Waals surface area contributed by atoms with Crippen LogP contribution in [0.25, 0.3) is 0 Å². The largest absolute Gasteiger partial charge is 0.375 e. The normalized spacial score (nSPS) is 42.8. The third kappa shape index (κ3) is 3.18. The molecule has 0 amide bonds. The highest BCUT2D eigenvalue weighted by molar-refractivity contribution is 4.79. The molecule has 2 N–H and O–H groups in total. The van der Waals surface area contributed by atoms with E-state index >= 15 is 0 Å². The van der Waals surface area contributed by atoms with Gasteiger partial charge in [0.15, 0.2) is 0 Å². The van der Waals surface area contributed by atoms with Gasteiger partial charge < -0.3 is 10.5 Å². The molecule has 0 saturated heterocycles. The fourth-order valence-corrected chi connectivity index (χ4v) is 3.04. The SMILES string of the molecule is C[C@@H]1CCCCC1OC1CCC[C@@H](N)C1. The van der Waals surface area contributed by atoms with Gasteiger partial charge in [-0.1, -0.05) is 19.8 Å². The molecule has 2 saturated carbocycles. The lowest BCUT2D eigenvalue weighted by Gasteiger charge is -2.35. The maximum Gasteiger partial charge on any atom is 0.0604 e. The van der Waals surface area contributed by atoms with Crippen LogP contribution in [0.2, 0.25) is 0 Å². The van der Waals surface area contributed by atoms with Crippen LogP contribution in [0.5, 0.6) is 0 Å². The summed E-state index contributed by atoms with van der Waals surface area (Å²) in [6.07, 6.45) is 11.1.